The van der Waals surface area contributed by atoms with Gasteiger partial charge in [0.15, 0.2) is 5.13 Å². The first-order chi connectivity index (χ1) is 9.20. The van der Waals surface area contributed by atoms with Crippen LogP contribution in [-0.2, 0) is 6.42 Å². The first-order valence-corrected chi connectivity index (χ1v) is 8.46. The highest BCUT2D eigenvalue weighted by molar-refractivity contribution is 7.15. The average Bonchev–Trinajstić information content (AvgIpc) is 3.03. The first kappa shape index (κ1) is 13.4. The third-order valence-corrected chi connectivity index (χ3v) is 5.77. The minimum absolute atomic E-state index is 0.480. The van der Waals surface area contributed by atoms with Gasteiger partial charge in [-0.25, -0.2) is 4.98 Å². The molecule has 2 unspecified atom stereocenters. The van der Waals surface area contributed by atoms with Crippen LogP contribution < -0.4 is 10.2 Å². The molecular formula is C15H25N3S. The molecule has 0 aromatic carbocycles. The van der Waals surface area contributed by atoms with Gasteiger partial charge < -0.3 is 10.2 Å². The molecule has 2 atom stereocenters. The Bertz CT molecular complexity index is 441. The van der Waals surface area contributed by atoms with E-state index in [9.17, 15) is 0 Å². The topological polar surface area (TPSA) is 28.2 Å². The summed E-state index contributed by atoms with van der Waals surface area (Å²) in [6.45, 7) is 5.87. The van der Waals surface area contributed by atoms with Crippen LogP contribution in [0.5, 0.6) is 0 Å². The van der Waals surface area contributed by atoms with E-state index in [2.05, 4.69) is 31.1 Å². The van der Waals surface area contributed by atoms with E-state index >= 15 is 0 Å². The smallest absolute Gasteiger partial charge is 0.186 e. The third kappa shape index (κ3) is 2.40. The van der Waals surface area contributed by atoms with Crippen LogP contribution in [0.15, 0.2) is 0 Å². The van der Waals surface area contributed by atoms with Crippen molar-refractivity contribution in [1.29, 1.82) is 0 Å². The molecular weight excluding hydrogens is 254 g/mol. The number of rotatable bonds is 3. The van der Waals surface area contributed by atoms with Gasteiger partial charge in [-0.15, -0.1) is 11.3 Å². The van der Waals surface area contributed by atoms with E-state index in [1.165, 1.54) is 54.4 Å². The summed E-state index contributed by atoms with van der Waals surface area (Å²) >= 11 is 1.95. The van der Waals surface area contributed by atoms with Gasteiger partial charge in [0.2, 0.25) is 0 Å². The summed E-state index contributed by atoms with van der Waals surface area (Å²) in [7, 11) is 2.06. The quantitative estimate of drug-likeness (QED) is 0.919. The maximum absolute atomic E-state index is 5.00. The van der Waals surface area contributed by atoms with Crippen molar-refractivity contribution in [2.24, 2.45) is 5.92 Å². The van der Waals surface area contributed by atoms with Gasteiger partial charge in [-0.1, -0.05) is 13.8 Å². The summed E-state index contributed by atoms with van der Waals surface area (Å²) in [6, 6.07) is 1.18. The largest absolute Gasteiger partial charge is 0.345 e. The molecule has 1 aliphatic heterocycles. The Morgan fingerprint density at radius 3 is 2.89 bits per heavy atom. The molecule has 3 nitrogen and oxygen atoms in total. The Balaban J connectivity index is 1.88. The lowest BCUT2D eigenvalue weighted by molar-refractivity contribution is 0.482. The molecule has 1 N–H and O–H groups in total. The van der Waals surface area contributed by atoms with Crippen molar-refractivity contribution in [2.45, 2.75) is 58.0 Å². The lowest BCUT2D eigenvalue weighted by Gasteiger charge is -2.27. The summed E-state index contributed by atoms with van der Waals surface area (Å²) in [6.07, 6.45) is 6.42. The van der Waals surface area contributed by atoms with E-state index in [0.717, 1.165) is 5.92 Å². The van der Waals surface area contributed by atoms with E-state index < -0.39 is 0 Å². The van der Waals surface area contributed by atoms with Crippen LogP contribution in [0.1, 0.15) is 56.1 Å². The van der Waals surface area contributed by atoms with E-state index in [0.29, 0.717) is 12.1 Å². The highest BCUT2D eigenvalue weighted by Gasteiger charge is 2.31. The lowest BCUT2D eigenvalue weighted by Crippen LogP contribution is -2.33. The van der Waals surface area contributed by atoms with Gasteiger partial charge in [-0.3, -0.25) is 0 Å². The Morgan fingerprint density at radius 1 is 1.32 bits per heavy atom. The fraction of sp³-hybridized carbons (Fsp3) is 0.800. The van der Waals surface area contributed by atoms with E-state index in [-0.39, 0.29) is 0 Å². The van der Waals surface area contributed by atoms with Gasteiger partial charge in [0, 0.05) is 17.5 Å². The Labute approximate surface area is 120 Å². The summed E-state index contributed by atoms with van der Waals surface area (Å²) in [4.78, 5) is 9.09. The lowest BCUT2D eigenvalue weighted by atomic mass is 9.98. The normalized spacial score (nSPS) is 27.1. The van der Waals surface area contributed by atoms with Crippen LogP contribution in [0.25, 0.3) is 0 Å². The first-order valence-electron chi connectivity index (χ1n) is 7.64. The molecule has 2 aliphatic rings. The van der Waals surface area contributed by atoms with Crippen molar-refractivity contribution < 1.29 is 0 Å². The van der Waals surface area contributed by atoms with Gasteiger partial charge in [0.1, 0.15) is 0 Å². The second-order valence-electron chi connectivity index (χ2n) is 6.19. The zero-order chi connectivity index (χ0) is 13.4. The molecule has 106 valence electrons. The molecule has 1 aromatic heterocycles. The molecule has 1 fully saturated rings. The van der Waals surface area contributed by atoms with Crippen LogP contribution >= 0.6 is 11.3 Å². The highest BCUT2D eigenvalue weighted by atomic mass is 32.1. The molecule has 0 spiro atoms. The average molecular weight is 279 g/mol. The fourth-order valence-electron chi connectivity index (χ4n) is 3.53. The molecule has 19 heavy (non-hydrogen) atoms. The number of hydrogen-bond acceptors (Lipinski definition) is 4. The molecule has 0 radical (unpaired) electrons. The maximum Gasteiger partial charge on any atom is 0.186 e. The van der Waals surface area contributed by atoms with Crippen molar-refractivity contribution in [3.63, 3.8) is 0 Å². The molecule has 4 heteroatoms. The number of anilines is 1. The highest BCUT2D eigenvalue weighted by Crippen LogP contribution is 2.39. The second-order valence-corrected chi connectivity index (χ2v) is 7.25. The predicted molar refractivity (Wildman–Crippen MR) is 82.1 cm³/mol. The van der Waals surface area contributed by atoms with E-state index in [1.807, 2.05) is 11.3 Å². The fourth-order valence-corrected chi connectivity index (χ4v) is 4.78. The number of nitrogens with one attached hydrogen (secondary N) is 1. The number of fused-ring (bicyclic) bond motifs is 1. The van der Waals surface area contributed by atoms with Gasteiger partial charge in [0.25, 0.3) is 0 Å². The molecule has 3 rings (SSSR count). The van der Waals surface area contributed by atoms with Crippen LogP contribution in [0.4, 0.5) is 5.13 Å². The SMILES string of the molecule is CNC1CCCc2sc(N3CCCC3C(C)C)nc21. The molecule has 2 heterocycles. The van der Waals surface area contributed by atoms with Gasteiger partial charge >= 0.3 is 0 Å². The summed E-state index contributed by atoms with van der Waals surface area (Å²) < 4.78 is 0. The van der Waals surface area contributed by atoms with Crippen LogP contribution in [0, 0.1) is 5.92 Å². The molecule has 1 aliphatic carbocycles. The number of aromatic nitrogens is 1. The molecule has 0 bridgehead atoms. The Morgan fingerprint density at radius 2 is 2.16 bits per heavy atom. The van der Waals surface area contributed by atoms with Gasteiger partial charge in [-0.2, -0.15) is 0 Å². The van der Waals surface area contributed by atoms with Crippen LogP contribution in [-0.4, -0.2) is 24.6 Å². The van der Waals surface area contributed by atoms with Gasteiger partial charge in [-0.05, 0) is 45.1 Å². The number of nitrogens with zero attached hydrogens (tertiary/aromatic N) is 2. The van der Waals surface area contributed by atoms with E-state index in [4.69, 9.17) is 4.98 Å². The maximum atomic E-state index is 5.00. The van der Waals surface area contributed by atoms with Crippen LogP contribution in [0.3, 0.4) is 0 Å². The summed E-state index contributed by atoms with van der Waals surface area (Å²) in [5.74, 6) is 0.725. The van der Waals surface area contributed by atoms with Crippen molar-refractivity contribution in [3.8, 4) is 0 Å². The Kier molecular flexibility index (Phi) is 3.81. The minimum Gasteiger partial charge on any atom is -0.345 e. The molecule has 0 saturated carbocycles. The molecule has 1 saturated heterocycles. The minimum atomic E-state index is 0.480. The third-order valence-electron chi connectivity index (χ3n) is 4.61. The zero-order valence-electron chi connectivity index (χ0n) is 12.3. The van der Waals surface area contributed by atoms with Crippen LogP contribution in [0.2, 0.25) is 0 Å². The van der Waals surface area contributed by atoms with E-state index in [1.54, 1.807) is 0 Å². The molecule has 1 aromatic rings. The second kappa shape index (κ2) is 5.41. The number of thiazole rings is 1. The molecule has 0 amide bonds. The standard InChI is InChI=1S/C15H25N3S/c1-10(2)12-7-5-9-18(12)15-17-14-11(16-3)6-4-8-13(14)19-15/h10-12,16H,4-9H2,1-3H3. The van der Waals surface area contributed by atoms with Crippen molar-refractivity contribution >= 4 is 16.5 Å². The van der Waals surface area contributed by atoms with Gasteiger partial charge in [0.05, 0.1) is 11.7 Å². The predicted octanol–water partition coefficient (Wildman–Crippen LogP) is 3.36. The number of aryl methyl sites for hydroxylation is 1. The zero-order valence-corrected chi connectivity index (χ0v) is 13.1. The summed E-state index contributed by atoms with van der Waals surface area (Å²) in [5.41, 5.74) is 1.34. The number of hydrogen-bond donors (Lipinski definition) is 1. The Hall–Kier alpha value is -0.610. The van der Waals surface area contributed by atoms with Crippen molar-refractivity contribution in [3.05, 3.63) is 10.6 Å². The monoisotopic (exact) mass is 279 g/mol. The van der Waals surface area contributed by atoms with Crippen molar-refractivity contribution in [2.75, 3.05) is 18.5 Å². The van der Waals surface area contributed by atoms with Crippen molar-refractivity contribution in [1.82, 2.24) is 10.3 Å². The summed E-state index contributed by atoms with van der Waals surface area (Å²) in [5, 5.41) is 4.70.